The third kappa shape index (κ3) is 4.41. The van der Waals surface area contributed by atoms with Crippen LogP contribution in [0.5, 0.6) is 17.2 Å². The average molecular weight is 375 g/mol. The topological polar surface area (TPSA) is 66.3 Å². The van der Waals surface area contributed by atoms with Crippen molar-refractivity contribution in [3.05, 3.63) is 59.3 Å². The van der Waals surface area contributed by atoms with E-state index in [1.165, 1.54) is 44.6 Å². The van der Waals surface area contributed by atoms with Crippen LogP contribution in [0.15, 0.2) is 53.2 Å². The molecular formula is C19H15F2NO5. The molecule has 140 valence electrons. The number of carbonyl (C=O) groups is 1. The first-order chi connectivity index (χ1) is 13.0. The first kappa shape index (κ1) is 18.4. The van der Waals surface area contributed by atoms with E-state index in [4.69, 9.17) is 14.2 Å². The maximum Gasteiger partial charge on any atom is 0.387 e. The molecule has 0 N–H and O–H groups in total. The monoisotopic (exact) mass is 375 g/mol. The van der Waals surface area contributed by atoms with Crippen LogP contribution >= 0.6 is 0 Å². The number of benzene rings is 2. The largest absolute Gasteiger partial charge is 0.497 e. The van der Waals surface area contributed by atoms with Crippen molar-refractivity contribution in [2.75, 3.05) is 14.2 Å². The zero-order chi connectivity index (χ0) is 19.4. The van der Waals surface area contributed by atoms with Gasteiger partial charge in [-0.1, -0.05) is 12.1 Å². The fourth-order valence-electron chi connectivity index (χ4n) is 2.37. The van der Waals surface area contributed by atoms with Crippen molar-refractivity contribution in [2.45, 2.75) is 6.61 Å². The lowest BCUT2D eigenvalue weighted by molar-refractivity contribution is -0.129. The Kier molecular flexibility index (Phi) is 5.35. The summed E-state index contributed by atoms with van der Waals surface area (Å²) in [5.41, 5.74) is 1.18. The molecule has 0 bridgehead atoms. The maximum absolute atomic E-state index is 12.2. The predicted molar refractivity (Wildman–Crippen MR) is 93.2 cm³/mol. The number of carbonyl (C=O) groups excluding carboxylic acids is 1. The van der Waals surface area contributed by atoms with Crippen molar-refractivity contribution < 1.29 is 32.5 Å². The summed E-state index contributed by atoms with van der Waals surface area (Å²) in [5.74, 6) is 0.555. The Morgan fingerprint density at radius 3 is 2.19 bits per heavy atom. The Balaban J connectivity index is 1.87. The van der Waals surface area contributed by atoms with E-state index >= 15 is 0 Å². The average Bonchev–Trinajstić information content (AvgIpc) is 3.03. The molecule has 8 heteroatoms. The highest BCUT2D eigenvalue weighted by Crippen LogP contribution is 2.26. The minimum Gasteiger partial charge on any atom is -0.497 e. The van der Waals surface area contributed by atoms with Crippen LogP contribution in [-0.4, -0.2) is 32.7 Å². The van der Waals surface area contributed by atoms with Crippen LogP contribution in [0.2, 0.25) is 0 Å². The van der Waals surface area contributed by atoms with Gasteiger partial charge in [0.25, 0.3) is 0 Å². The van der Waals surface area contributed by atoms with Crippen molar-refractivity contribution in [1.29, 1.82) is 0 Å². The number of rotatable bonds is 6. The van der Waals surface area contributed by atoms with Crippen LogP contribution in [0.3, 0.4) is 0 Å². The zero-order valence-corrected chi connectivity index (χ0v) is 14.4. The zero-order valence-electron chi connectivity index (χ0n) is 14.4. The summed E-state index contributed by atoms with van der Waals surface area (Å²) in [4.78, 5) is 16.3. The lowest BCUT2D eigenvalue weighted by Gasteiger charge is -2.07. The quantitative estimate of drug-likeness (QED) is 0.570. The van der Waals surface area contributed by atoms with Gasteiger partial charge >= 0.3 is 12.6 Å². The van der Waals surface area contributed by atoms with E-state index in [1.807, 2.05) is 0 Å². The Bertz CT molecular complexity index is 885. The van der Waals surface area contributed by atoms with Gasteiger partial charge in [0, 0.05) is 11.6 Å². The van der Waals surface area contributed by atoms with Gasteiger partial charge in [-0.25, -0.2) is 9.79 Å². The molecule has 6 nitrogen and oxygen atoms in total. The van der Waals surface area contributed by atoms with Gasteiger partial charge < -0.3 is 18.9 Å². The van der Waals surface area contributed by atoms with Gasteiger partial charge in [-0.15, -0.1) is 0 Å². The van der Waals surface area contributed by atoms with Crippen LogP contribution in [0, 0.1) is 0 Å². The van der Waals surface area contributed by atoms with E-state index in [1.54, 1.807) is 18.2 Å². The summed E-state index contributed by atoms with van der Waals surface area (Å²) in [6.07, 6.45) is 1.49. The molecule has 0 unspecified atom stereocenters. The van der Waals surface area contributed by atoms with Crippen LogP contribution in [0.25, 0.3) is 6.08 Å². The molecule has 0 radical (unpaired) electrons. The van der Waals surface area contributed by atoms with Gasteiger partial charge in [0.2, 0.25) is 5.90 Å². The number of hydrogen-bond donors (Lipinski definition) is 0. The normalized spacial score (nSPS) is 14.9. The fourth-order valence-corrected chi connectivity index (χ4v) is 2.37. The number of nitrogens with zero attached hydrogens (tertiary/aromatic N) is 1. The molecule has 0 fully saturated rings. The van der Waals surface area contributed by atoms with Gasteiger partial charge in [-0.3, -0.25) is 0 Å². The van der Waals surface area contributed by atoms with Crippen molar-refractivity contribution in [3.63, 3.8) is 0 Å². The second kappa shape index (κ2) is 7.86. The lowest BCUT2D eigenvalue weighted by Crippen LogP contribution is -2.06. The fraction of sp³-hybridized carbons (Fsp3) is 0.158. The first-order valence-electron chi connectivity index (χ1n) is 7.79. The highest BCUT2D eigenvalue weighted by molar-refractivity contribution is 6.13. The highest BCUT2D eigenvalue weighted by atomic mass is 19.3. The van der Waals surface area contributed by atoms with Crippen LogP contribution in [0.1, 0.15) is 11.1 Å². The molecule has 0 amide bonds. The Hall–Kier alpha value is -3.42. The van der Waals surface area contributed by atoms with E-state index in [0.717, 1.165) is 0 Å². The standard InChI is InChI=1S/C19H15F2NO5/c1-24-14-8-12(9-15(10-14)25-2)17-22-16(18(23)27-17)7-11-3-5-13(6-4-11)26-19(20)21/h3-10,19H,1-2H3/b16-7+. The van der Waals surface area contributed by atoms with Crippen LogP contribution < -0.4 is 14.2 Å². The Labute approximate surface area is 153 Å². The summed E-state index contributed by atoms with van der Waals surface area (Å²) >= 11 is 0. The summed E-state index contributed by atoms with van der Waals surface area (Å²) < 4.78 is 44.2. The van der Waals surface area contributed by atoms with Gasteiger partial charge in [-0.2, -0.15) is 8.78 Å². The van der Waals surface area contributed by atoms with E-state index in [0.29, 0.717) is 22.6 Å². The van der Waals surface area contributed by atoms with E-state index < -0.39 is 12.6 Å². The molecule has 0 aromatic heterocycles. The van der Waals surface area contributed by atoms with E-state index in [-0.39, 0.29) is 17.3 Å². The van der Waals surface area contributed by atoms with Crippen molar-refractivity contribution in [1.82, 2.24) is 0 Å². The molecule has 2 aromatic carbocycles. The molecule has 1 aliphatic heterocycles. The summed E-state index contributed by atoms with van der Waals surface area (Å²) in [5, 5.41) is 0. The molecule has 1 aliphatic rings. The maximum atomic E-state index is 12.2. The third-order valence-electron chi connectivity index (χ3n) is 3.63. The van der Waals surface area contributed by atoms with Gasteiger partial charge in [0.05, 0.1) is 14.2 Å². The van der Waals surface area contributed by atoms with Gasteiger partial charge in [0.15, 0.2) is 5.70 Å². The van der Waals surface area contributed by atoms with Crippen LogP contribution in [0.4, 0.5) is 8.78 Å². The Morgan fingerprint density at radius 1 is 1.00 bits per heavy atom. The minimum absolute atomic E-state index is 0.0221. The Morgan fingerprint density at radius 2 is 1.63 bits per heavy atom. The smallest absolute Gasteiger partial charge is 0.387 e. The summed E-state index contributed by atoms with van der Waals surface area (Å²) in [7, 11) is 3.02. The number of hydrogen-bond acceptors (Lipinski definition) is 6. The second-order valence-electron chi connectivity index (χ2n) is 5.38. The molecular weight excluding hydrogens is 360 g/mol. The molecule has 0 spiro atoms. The SMILES string of the molecule is COc1cc(OC)cc(C2=N/C(=C/c3ccc(OC(F)F)cc3)C(=O)O2)c1. The number of cyclic esters (lactones) is 1. The number of halogens is 2. The molecule has 0 atom stereocenters. The molecule has 0 aliphatic carbocycles. The van der Waals surface area contributed by atoms with E-state index in [9.17, 15) is 13.6 Å². The van der Waals surface area contributed by atoms with Crippen molar-refractivity contribution >= 4 is 17.9 Å². The number of aliphatic imine (C=N–C) groups is 1. The lowest BCUT2D eigenvalue weighted by atomic mass is 10.2. The predicted octanol–water partition coefficient (Wildman–Crippen LogP) is 3.65. The first-order valence-corrected chi connectivity index (χ1v) is 7.79. The number of alkyl halides is 2. The molecule has 27 heavy (non-hydrogen) atoms. The number of methoxy groups -OCH3 is 2. The molecule has 3 rings (SSSR count). The van der Waals surface area contributed by atoms with E-state index in [2.05, 4.69) is 9.73 Å². The van der Waals surface area contributed by atoms with Crippen molar-refractivity contribution in [3.8, 4) is 17.2 Å². The minimum atomic E-state index is -2.90. The molecule has 0 saturated carbocycles. The van der Waals surface area contributed by atoms with Crippen molar-refractivity contribution in [2.24, 2.45) is 4.99 Å². The molecule has 2 aromatic rings. The number of esters is 1. The van der Waals surface area contributed by atoms with Gasteiger partial charge in [-0.05, 0) is 35.9 Å². The van der Waals surface area contributed by atoms with Crippen LogP contribution in [-0.2, 0) is 9.53 Å². The summed E-state index contributed by atoms with van der Waals surface area (Å²) in [6, 6.07) is 10.8. The molecule has 1 heterocycles. The summed E-state index contributed by atoms with van der Waals surface area (Å²) in [6.45, 7) is -2.90. The third-order valence-corrected chi connectivity index (χ3v) is 3.63. The van der Waals surface area contributed by atoms with Gasteiger partial charge in [0.1, 0.15) is 17.2 Å². The highest BCUT2D eigenvalue weighted by Gasteiger charge is 2.25. The molecule has 0 saturated heterocycles. The number of ether oxygens (including phenoxy) is 4. The second-order valence-corrected chi connectivity index (χ2v) is 5.38.